The molecule has 2 aromatic rings. The van der Waals surface area contributed by atoms with Gasteiger partial charge in [0.05, 0.1) is 0 Å². The Hall–Kier alpha value is -1.76. The highest BCUT2D eigenvalue weighted by molar-refractivity contribution is 5.82. The highest BCUT2D eigenvalue weighted by Gasteiger charge is 2.13. The monoisotopic (exact) mass is 253 g/mol. The molecule has 2 rings (SSSR count). The van der Waals surface area contributed by atoms with Gasteiger partial charge in [0.15, 0.2) is 0 Å². The highest BCUT2D eigenvalue weighted by atomic mass is 15.1. The van der Waals surface area contributed by atoms with E-state index in [0.29, 0.717) is 0 Å². The molecule has 0 saturated carbocycles. The Bertz CT molecular complexity index is 533. The van der Waals surface area contributed by atoms with Crippen molar-refractivity contribution in [1.29, 1.82) is 0 Å². The van der Waals surface area contributed by atoms with E-state index >= 15 is 0 Å². The van der Waals surface area contributed by atoms with E-state index in [2.05, 4.69) is 75.3 Å². The van der Waals surface area contributed by atoms with Crippen LogP contribution in [0, 0.1) is 0 Å². The Balaban J connectivity index is 2.71. The molecule has 0 bridgehead atoms. The van der Waals surface area contributed by atoms with Crippen LogP contribution in [0.1, 0.15) is 25.0 Å². The van der Waals surface area contributed by atoms with Crippen molar-refractivity contribution in [2.24, 2.45) is 0 Å². The van der Waals surface area contributed by atoms with Crippen LogP contribution >= 0.6 is 0 Å². The predicted octanol–water partition coefficient (Wildman–Crippen LogP) is 4.54. The van der Waals surface area contributed by atoms with Crippen LogP contribution in [0.4, 0.5) is 5.69 Å². The SMILES string of the molecule is CCc1cccc(CC)c1-c1ccccc1N(C)C. The number of para-hydroxylation sites is 1. The minimum absolute atomic E-state index is 1.07. The van der Waals surface area contributed by atoms with Crippen LogP contribution in [0.25, 0.3) is 11.1 Å². The van der Waals surface area contributed by atoms with Gasteiger partial charge in [-0.3, -0.25) is 0 Å². The van der Waals surface area contributed by atoms with Crippen LogP contribution in [0.15, 0.2) is 42.5 Å². The van der Waals surface area contributed by atoms with Gasteiger partial charge in [0.1, 0.15) is 0 Å². The molecular weight excluding hydrogens is 230 g/mol. The molecule has 1 heteroatoms. The molecule has 0 atom stereocenters. The molecule has 2 aromatic carbocycles. The Morgan fingerprint density at radius 2 is 1.37 bits per heavy atom. The van der Waals surface area contributed by atoms with E-state index < -0.39 is 0 Å². The van der Waals surface area contributed by atoms with Gasteiger partial charge in [-0.25, -0.2) is 0 Å². The van der Waals surface area contributed by atoms with Gasteiger partial charge in [-0.2, -0.15) is 0 Å². The van der Waals surface area contributed by atoms with Gasteiger partial charge >= 0.3 is 0 Å². The summed E-state index contributed by atoms with van der Waals surface area (Å²) in [5, 5.41) is 0. The van der Waals surface area contributed by atoms with Crippen LogP contribution in [-0.2, 0) is 12.8 Å². The van der Waals surface area contributed by atoms with Crippen LogP contribution in [0.2, 0.25) is 0 Å². The summed E-state index contributed by atoms with van der Waals surface area (Å²) in [7, 11) is 4.22. The number of nitrogens with zero attached hydrogens (tertiary/aromatic N) is 1. The Kier molecular flexibility index (Phi) is 4.26. The molecule has 19 heavy (non-hydrogen) atoms. The summed E-state index contributed by atoms with van der Waals surface area (Å²) in [5.74, 6) is 0. The van der Waals surface area contributed by atoms with Gasteiger partial charge < -0.3 is 4.90 Å². The van der Waals surface area contributed by atoms with Gasteiger partial charge in [0.25, 0.3) is 0 Å². The summed E-state index contributed by atoms with van der Waals surface area (Å²) in [5.41, 5.74) is 6.94. The predicted molar refractivity (Wildman–Crippen MR) is 85.0 cm³/mol. The average molecular weight is 253 g/mol. The van der Waals surface area contributed by atoms with E-state index in [1.807, 2.05) is 0 Å². The zero-order valence-corrected chi connectivity index (χ0v) is 12.4. The van der Waals surface area contributed by atoms with Gasteiger partial charge in [-0.15, -0.1) is 0 Å². The quantitative estimate of drug-likeness (QED) is 0.773. The zero-order valence-electron chi connectivity index (χ0n) is 12.4. The molecule has 0 N–H and O–H groups in total. The Labute approximate surface area is 116 Å². The summed E-state index contributed by atoms with van der Waals surface area (Å²) in [6.07, 6.45) is 2.15. The lowest BCUT2D eigenvalue weighted by atomic mass is 9.91. The topological polar surface area (TPSA) is 3.24 Å². The smallest absolute Gasteiger partial charge is 0.0440 e. The first-order valence-electron chi connectivity index (χ1n) is 7.06. The molecule has 0 aliphatic carbocycles. The molecule has 0 amide bonds. The second kappa shape index (κ2) is 5.92. The zero-order chi connectivity index (χ0) is 13.8. The van der Waals surface area contributed by atoms with Crippen molar-refractivity contribution < 1.29 is 0 Å². The number of rotatable bonds is 4. The van der Waals surface area contributed by atoms with Crippen LogP contribution in [0.3, 0.4) is 0 Å². The standard InChI is InChI=1S/C18H23N/c1-5-14-10-9-11-15(6-2)18(14)16-12-7-8-13-17(16)19(3)4/h7-13H,5-6H2,1-4H3. The first-order chi connectivity index (χ1) is 9.19. The van der Waals surface area contributed by atoms with Crippen LogP contribution in [0.5, 0.6) is 0 Å². The molecule has 0 aromatic heterocycles. The molecule has 0 unspecified atom stereocenters. The number of hydrogen-bond acceptors (Lipinski definition) is 1. The number of anilines is 1. The van der Waals surface area contributed by atoms with Crippen molar-refractivity contribution in [1.82, 2.24) is 0 Å². The maximum Gasteiger partial charge on any atom is 0.0440 e. The number of aryl methyl sites for hydroxylation is 2. The maximum absolute atomic E-state index is 2.25. The maximum atomic E-state index is 2.25. The molecule has 0 heterocycles. The summed E-state index contributed by atoms with van der Waals surface area (Å²) < 4.78 is 0. The van der Waals surface area contributed by atoms with E-state index in [-0.39, 0.29) is 0 Å². The number of hydrogen-bond donors (Lipinski definition) is 0. The highest BCUT2D eigenvalue weighted by Crippen LogP contribution is 2.35. The molecule has 0 spiro atoms. The molecule has 100 valence electrons. The van der Waals surface area contributed by atoms with Gasteiger partial charge in [-0.1, -0.05) is 50.2 Å². The van der Waals surface area contributed by atoms with Crippen molar-refractivity contribution in [3.63, 3.8) is 0 Å². The third kappa shape index (κ3) is 2.65. The Morgan fingerprint density at radius 1 is 0.789 bits per heavy atom. The third-order valence-electron chi connectivity index (χ3n) is 3.65. The van der Waals surface area contributed by atoms with Crippen molar-refractivity contribution in [2.75, 3.05) is 19.0 Å². The first-order valence-corrected chi connectivity index (χ1v) is 7.06. The summed E-state index contributed by atoms with van der Waals surface area (Å²) >= 11 is 0. The first kappa shape index (κ1) is 13.7. The summed E-state index contributed by atoms with van der Waals surface area (Å²) in [6, 6.07) is 15.4. The third-order valence-corrected chi connectivity index (χ3v) is 3.65. The molecule has 0 fully saturated rings. The van der Waals surface area contributed by atoms with E-state index in [0.717, 1.165) is 12.8 Å². The Morgan fingerprint density at radius 3 is 1.89 bits per heavy atom. The molecule has 0 radical (unpaired) electrons. The minimum atomic E-state index is 1.07. The molecule has 1 nitrogen and oxygen atoms in total. The van der Waals surface area contributed by atoms with E-state index in [4.69, 9.17) is 0 Å². The van der Waals surface area contributed by atoms with Gasteiger partial charge in [0.2, 0.25) is 0 Å². The van der Waals surface area contributed by atoms with Crippen LogP contribution < -0.4 is 4.90 Å². The van der Waals surface area contributed by atoms with Crippen molar-refractivity contribution in [3.8, 4) is 11.1 Å². The van der Waals surface area contributed by atoms with Gasteiger partial charge in [-0.05, 0) is 35.6 Å². The fraction of sp³-hybridized carbons (Fsp3) is 0.333. The van der Waals surface area contributed by atoms with Crippen LogP contribution in [-0.4, -0.2) is 14.1 Å². The summed E-state index contributed by atoms with van der Waals surface area (Å²) in [6.45, 7) is 4.47. The number of benzene rings is 2. The van der Waals surface area contributed by atoms with Crippen molar-refractivity contribution in [2.45, 2.75) is 26.7 Å². The van der Waals surface area contributed by atoms with E-state index in [9.17, 15) is 0 Å². The summed E-state index contributed by atoms with van der Waals surface area (Å²) in [4.78, 5) is 2.20. The average Bonchev–Trinajstić information content (AvgIpc) is 2.46. The second-order valence-corrected chi connectivity index (χ2v) is 5.07. The lowest BCUT2D eigenvalue weighted by Crippen LogP contribution is -2.10. The minimum Gasteiger partial charge on any atom is -0.377 e. The fourth-order valence-corrected chi connectivity index (χ4v) is 2.66. The molecule has 0 saturated heterocycles. The largest absolute Gasteiger partial charge is 0.377 e. The lowest BCUT2D eigenvalue weighted by Gasteiger charge is -2.21. The molecular formula is C18H23N. The van der Waals surface area contributed by atoms with Crippen molar-refractivity contribution >= 4 is 5.69 Å². The lowest BCUT2D eigenvalue weighted by molar-refractivity contribution is 1.08. The molecule has 0 aliphatic rings. The van der Waals surface area contributed by atoms with Gasteiger partial charge in [0, 0.05) is 25.3 Å². The normalized spacial score (nSPS) is 10.5. The van der Waals surface area contributed by atoms with Crippen molar-refractivity contribution in [3.05, 3.63) is 53.6 Å². The second-order valence-electron chi connectivity index (χ2n) is 5.07. The van der Waals surface area contributed by atoms with E-state index in [1.165, 1.54) is 27.9 Å². The van der Waals surface area contributed by atoms with E-state index in [1.54, 1.807) is 0 Å². The fourth-order valence-electron chi connectivity index (χ4n) is 2.66. The molecule has 0 aliphatic heterocycles.